The molecule has 2 aromatic carbocycles. The molecule has 18 heavy (non-hydrogen) atoms. The number of hydrogen-bond acceptors (Lipinski definition) is 3. The maximum Gasteiger partial charge on any atom is 0.133 e. The molecule has 0 aliphatic rings. The van der Waals surface area contributed by atoms with Gasteiger partial charge in [-0.25, -0.2) is 4.39 Å². The molecule has 90 valence electrons. The largest absolute Gasteiger partial charge is 0.507 e. The first-order chi connectivity index (χ1) is 8.65. The van der Waals surface area contributed by atoms with Crippen molar-refractivity contribution >= 4 is 0 Å². The lowest BCUT2D eigenvalue weighted by atomic mass is 10.0. The minimum Gasteiger partial charge on any atom is -0.507 e. The van der Waals surface area contributed by atoms with Crippen LogP contribution in [0.2, 0.25) is 0 Å². The zero-order valence-corrected chi connectivity index (χ0v) is 9.64. The first kappa shape index (κ1) is 11.9. The normalized spacial score (nSPS) is 9.83. The zero-order chi connectivity index (χ0) is 13.1. The number of phenolic OH excluding ortho intramolecular Hbond substituents is 1. The molecule has 0 aliphatic heterocycles. The van der Waals surface area contributed by atoms with Crippen LogP contribution in [0.1, 0.15) is 5.56 Å². The Morgan fingerprint density at radius 3 is 2.67 bits per heavy atom. The van der Waals surface area contributed by atoms with Crippen LogP contribution in [0.4, 0.5) is 4.39 Å². The molecular formula is C14H10FNO2. The number of methoxy groups -OCH3 is 1. The van der Waals surface area contributed by atoms with E-state index in [4.69, 9.17) is 10.00 Å². The van der Waals surface area contributed by atoms with Gasteiger partial charge in [-0.15, -0.1) is 0 Å². The number of benzene rings is 2. The summed E-state index contributed by atoms with van der Waals surface area (Å²) in [5, 5.41) is 18.3. The summed E-state index contributed by atoms with van der Waals surface area (Å²) in [6.45, 7) is 0. The van der Waals surface area contributed by atoms with Gasteiger partial charge in [0.25, 0.3) is 0 Å². The molecule has 0 spiro atoms. The van der Waals surface area contributed by atoms with Crippen molar-refractivity contribution in [3.05, 3.63) is 47.8 Å². The minimum atomic E-state index is -0.391. The number of hydrogen-bond donors (Lipinski definition) is 1. The summed E-state index contributed by atoms with van der Waals surface area (Å²) >= 11 is 0. The van der Waals surface area contributed by atoms with Gasteiger partial charge in [-0.05, 0) is 35.9 Å². The zero-order valence-electron chi connectivity index (χ0n) is 9.64. The van der Waals surface area contributed by atoms with E-state index in [1.165, 1.54) is 37.4 Å². The van der Waals surface area contributed by atoms with E-state index >= 15 is 0 Å². The van der Waals surface area contributed by atoms with E-state index in [-0.39, 0.29) is 11.3 Å². The van der Waals surface area contributed by atoms with E-state index in [9.17, 15) is 9.50 Å². The fourth-order valence-electron chi connectivity index (χ4n) is 1.70. The SMILES string of the molecule is COc1ccc(F)cc1-c1ccc(O)c(C#N)c1. The third-order valence-corrected chi connectivity index (χ3v) is 2.59. The van der Waals surface area contributed by atoms with Crippen molar-refractivity contribution in [1.82, 2.24) is 0 Å². The average molecular weight is 243 g/mol. The number of ether oxygens (including phenoxy) is 1. The predicted octanol–water partition coefficient (Wildman–Crippen LogP) is 3.08. The Morgan fingerprint density at radius 1 is 1.22 bits per heavy atom. The van der Waals surface area contributed by atoms with Crippen LogP contribution in [0.3, 0.4) is 0 Å². The maximum atomic E-state index is 13.3. The lowest BCUT2D eigenvalue weighted by Gasteiger charge is -2.09. The average Bonchev–Trinajstić information content (AvgIpc) is 2.39. The van der Waals surface area contributed by atoms with Crippen LogP contribution in [0.15, 0.2) is 36.4 Å². The van der Waals surface area contributed by atoms with Crippen molar-refractivity contribution in [3.8, 4) is 28.7 Å². The molecule has 0 radical (unpaired) electrons. The quantitative estimate of drug-likeness (QED) is 0.881. The van der Waals surface area contributed by atoms with Crippen LogP contribution in [0.25, 0.3) is 11.1 Å². The van der Waals surface area contributed by atoms with E-state index in [2.05, 4.69) is 0 Å². The van der Waals surface area contributed by atoms with Crippen LogP contribution in [0, 0.1) is 17.1 Å². The van der Waals surface area contributed by atoms with Crippen LogP contribution in [-0.2, 0) is 0 Å². The summed E-state index contributed by atoms with van der Waals surface area (Å²) in [7, 11) is 1.49. The molecule has 3 nitrogen and oxygen atoms in total. The summed E-state index contributed by atoms with van der Waals surface area (Å²) in [4.78, 5) is 0. The highest BCUT2D eigenvalue weighted by atomic mass is 19.1. The molecule has 0 bridgehead atoms. The first-order valence-electron chi connectivity index (χ1n) is 5.22. The van der Waals surface area contributed by atoms with Gasteiger partial charge in [-0.2, -0.15) is 5.26 Å². The second kappa shape index (κ2) is 4.76. The van der Waals surface area contributed by atoms with Gasteiger partial charge in [-0.1, -0.05) is 6.07 Å². The van der Waals surface area contributed by atoms with Crippen LogP contribution < -0.4 is 4.74 Å². The molecule has 2 rings (SSSR count). The van der Waals surface area contributed by atoms with Crippen molar-refractivity contribution in [2.24, 2.45) is 0 Å². The molecule has 0 amide bonds. The van der Waals surface area contributed by atoms with Gasteiger partial charge in [0.05, 0.1) is 12.7 Å². The van der Waals surface area contributed by atoms with E-state index in [0.29, 0.717) is 16.9 Å². The van der Waals surface area contributed by atoms with Crippen molar-refractivity contribution in [3.63, 3.8) is 0 Å². The Labute approximate surface area is 104 Å². The third kappa shape index (κ3) is 2.11. The molecule has 2 aromatic rings. The molecule has 0 saturated heterocycles. The Balaban J connectivity index is 2.62. The predicted molar refractivity (Wildman–Crippen MR) is 64.8 cm³/mol. The smallest absolute Gasteiger partial charge is 0.133 e. The second-order valence-electron chi connectivity index (χ2n) is 3.69. The number of rotatable bonds is 2. The summed E-state index contributed by atoms with van der Waals surface area (Å²) in [6, 6.07) is 10.5. The molecule has 0 saturated carbocycles. The van der Waals surface area contributed by atoms with Gasteiger partial charge in [0.1, 0.15) is 23.4 Å². The number of halogens is 1. The fourth-order valence-corrected chi connectivity index (χ4v) is 1.70. The molecule has 4 heteroatoms. The van der Waals surface area contributed by atoms with E-state index in [1.54, 1.807) is 6.07 Å². The molecule has 0 aromatic heterocycles. The van der Waals surface area contributed by atoms with E-state index in [0.717, 1.165) is 0 Å². The summed E-state index contributed by atoms with van der Waals surface area (Å²) in [5.74, 6) is 0.0139. The monoisotopic (exact) mass is 243 g/mol. The molecule has 0 fully saturated rings. The number of aromatic hydroxyl groups is 1. The van der Waals surface area contributed by atoms with Crippen molar-refractivity contribution in [1.29, 1.82) is 5.26 Å². The molecular weight excluding hydrogens is 233 g/mol. The highest BCUT2D eigenvalue weighted by Gasteiger charge is 2.09. The molecule has 0 unspecified atom stereocenters. The minimum absolute atomic E-state index is 0.100. The van der Waals surface area contributed by atoms with Gasteiger partial charge in [-0.3, -0.25) is 0 Å². The van der Waals surface area contributed by atoms with Gasteiger partial charge in [0, 0.05) is 5.56 Å². The molecule has 1 N–H and O–H groups in total. The number of nitriles is 1. The summed E-state index contributed by atoms with van der Waals surface area (Å²) in [6.07, 6.45) is 0. The standard InChI is InChI=1S/C14H10FNO2/c1-18-14-5-3-11(15)7-12(14)9-2-4-13(17)10(6-9)8-16/h2-7,17H,1H3. The Bertz CT molecular complexity index is 632. The van der Waals surface area contributed by atoms with Crippen LogP contribution in [0.5, 0.6) is 11.5 Å². The molecule has 0 heterocycles. The van der Waals surface area contributed by atoms with Gasteiger partial charge >= 0.3 is 0 Å². The Morgan fingerprint density at radius 2 is 2.00 bits per heavy atom. The van der Waals surface area contributed by atoms with Crippen LogP contribution >= 0.6 is 0 Å². The topological polar surface area (TPSA) is 53.2 Å². The van der Waals surface area contributed by atoms with Crippen molar-refractivity contribution in [2.75, 3.05) is 7.11 Å². The van der Waals surface area contributed by atoms with Gasteiger partial charge in [0.15, 0.2) is 0 Å². The molecule has 0 atom stereocenters. The van der Waals surface area contributed by atoms with Crippen molar-refractivity contribution < 1.29 is 14.2 Å². The maximum absolute atomic E-state index is 13.3. The van der Waals surface area contributed by atoms with Gasteiger partial charge < -0.3 is 9.84 Å². The van der Waals surface area contributed by atoms with Gasteiger partial charge in [0.2, 0.25) is 0 Å². The number of nitrogens with zero attached hydrogens (tertiary/aromatic N) is 1. The van der Waals surface area contributed by atoms with Crippen molar-refractivity contribution in [2.45, 2.75) is 0 Å². The van der Waals surface area contributed by atoms with Crippen LogP contribution in [-0.4, -0.2) is 12.2 Å². The lowest BCUT2D eigenvalue weighted by molar-refractivity contribution is 0.415. The second-order valence-corrected chi connectivity index (χ2v) is 3.69. The van der Waals surface area contributed by atoms with E-state index < -0.39 is 5.82 Å². The lowest BCUT2D eigenvalue weighted by Crippen LogP contribution is -1.90. The highest BCUT2D eigenvalue weighted by molar-refractivity contribution is 5.72. The summed E-state index contributed by atoms with van der Waals surface area (Å²) in [5.41, 5.74) is 1.29. The molecule has 0 aliphatic carbocycles. The fraction of sp³-hybridized carbons (Fsp3) is 0.0714. The Hall–Kier alpha value is -2.54. The summed E-state index contributed by atoms with van der Waals surface area (Å²) < 4.78 is 18.4. The Kier molecular flexibility index (Phi) is 3.16. The highest BCUT2D eigenvalue weighted by Crippen LogP contribution is 2.32. The first-order valence-corrected chi connectivity index (χ1v) is 5.22. The number of phenols is 1. The van der Waals surface area contributed by atoms with E-state index in [1.807, 2.05) is 6.07 Å². The third-order valence-electron chi connectivity index (χ3n) is 2.59.